The molecule has 0 saturated carbocycles. The molecule has 3 nitrogen and oxygen atoms in total. The fourth-order valence-corrected chi connectivity index (χ4v) is 2.94. The van der Waals surface area contributed by atoms with Crippen LogP contribution < -0.4 is 4.18 Å². The van der Waals surface area contributed by atoms with Gasteiger partial charge in [0.05, 0.1) is 0 Å². The third kappa shape index (κ3) is 4.56. The molecular formula is C16H17FO3S. The summed E-state index contributed by atoms with van der Waals surface area (Å²) in [5.41, 5.74) is 1.49. The van der Waals surface area contributed by atoms with Crippen molar-refractivity contribution in [3.8, 4) is 5.75 Å². The molecule has 0 bridgehead atoms. The highest BCUT2D eigenvalue weighted by Gasteiger charge is 2.15. The van der Waals surface area contributed by atoms with Crippen molar-refractivity contribution < 1.29 is 17.0 Å². The maximum absolute atomic E-state index is 12.8. The summed E-state index contributed by atoms with van der Waals surface area (Å²) in [6, 6.07) is 12.3. The van der Waals surface area contributed by atoms with Crippen LogP contribution in [0.15, 0.2) is 48.5 Å². The molecule has 0 aliphatic rings. The normalized spacial score (nSPS) is 11.6. The monoisotopic (exact) mass is 308 g/mol. The highest BCUT2D eigenvalue weighted by atomic mass is 32.2. The molecule has 0 N–H and O–H groups in total. The van der Waals surface area contributed by atoms with Crippen molar-refractivity contribution in [2.24, 2.45) is 0 Å². The first-order valence-electron chi connectivity index (χ1n) is 6.62. The molecule has 112 valence electrons. The summed E-state index contributed by atoms with van der Waals surface area (Å²) in [4.78, 5) is 0. The van der Waals surface area contributed by atoms with Gasteiger partial charge in [0.15, 0.2) is 0 Å². The highest BCUT2D eigenvalue weighted by Crippen LogP contribution is 2.22. The Bertz CT molecular complexity index is 707. The van der Waals surface area contributed by atoms with Crippen molar-refractivity contribution in [1.82, 2.24) is 0 Å². The molecule has 0 aliphatic heterocycles. The smallest absolute Gasteiger partial charge is 0.313 e. The van der Waals surface area contributed by atoms with E-state index in [4.69, 9.17) is 4.18 Å². The minimum absolute atomic E-state index is 0.286. The van der Waals surface area contributed by atoms with Gasteiger partial charge in [-0.2, -0.15) is 8.42 Å². The van der Waals surface area contributed by atoms with E-state index in [-0.39, 0.29) is 11.7 Å². The molecular weight excluding hydrogens is 291 g/mol. The van der Waals surface area contributed by atoms with Gasteiger partial charge >= 0.3 is 10.1 Å². The lowest BCUT2D eigenvalue weighted by Gasteiger charge is -2.10. The predicted octanol–water partition coefficient (Wildman–Crippen LogP) is 3.86. The van der Waals surface area contributed by atoms with Crippen molar-refractivity contribution >= 4 is 10.1 Å². The van der Waals surface area contributed by atoms with Crippen LogP contribution in [0.3, 0.4) is 0 Å². The Hall–Kier alpha value is -1.88. The minimum atomic E-state index is -3.77. The Balaban J connectivity index is 2.14. The van der Waals surface area contributed by atoms with Crippen LogP contribution in [0.1, 0.15) is 30.9 Å². The Morgan fingerprint density at radius 3 is 2.38 bits per heavy atom. The van der Waals surface area contributed by atoms with Gasteiger partial charge in [0, 0.05) is 0 Å². The lowest BCUT2D eigenvalue weighted by atomic mass is 10.0. The summed E-state index contributed by atoms with van der Waals surface area (Å²) in [6.45, 7) is 4.04. The van der Waals surface area contributed by atoms with Gasteiger partial charge < -0.3 is 4.18 Å². The maximum atomic E-state index is 12.8. The van der Waals surface area contributed by atoms with Crippen molar-refractivity contribution in [2.45, 2.75) is 25.5 Å². The van der Waals surface area contributed by atoms with Gasteiger partial charge in [0.2, 0.25) is 0 Å². The molecule has 0 aromatic heterocycles. The summed E-state index contributed by atoms with van der Waals surface area (Å²) < 4.78 is 42.0. The van der Waals surface area contributed by atoms with Gasteiger partial charge in [-0.25, -0.2) is 4.39 Å². The van der Waals surface area contributed by atoms with Crippen molar-refractivity contribution in [2.75, 3.05) is 0 Å². The lowest BCUT2D eigenvalue weighted by Crippen LogP contribution is -2.12. The zero-order valence-electron chi connectivity index (χ0n) is 11.9. The maximum Gasteiger partial charge on any atom is 0.313 e. The van der Waals surface area contributed by atoms with Crippen molar-refractivity contribution in [3.05, 3.63) is 65.5 Å². The molecule has 2 rings (SSSR count). The summed E-state index contributed by atoms with van der Waals surface area (Å²) >= 11 is 0. The van der Waals surface area contributed by atoms with Gasteiger partial charge in [-0.3, -0.25) is 0 Å². The molecule has 0 aliphatic carbocycles. The number of rotatable bonds is 5. The Labute approximate surface area is 124 Å². The van der Waals surface area contributed by atoms with E-state index in [1.54, 1.807) is 18.2 Å². The van der Waals surface area contributed by atoms with E-state index in [2.05, 4.69) is 0 Å². The first kappa shape index (κ1) is 15.5. The average molecular weight is 308 g/mol. The summed E-state index contributed by atoms with van der Waals surface area (Å²) in [6.07, 6.45) is 0. The van der Waals surface area contributed by atoms with Gasteiger partial charge in [-0.15, -0.1) is 0 Å². The standard InChI is InChI=1S/C16H17FO3S/c1-12(2)14-4-3-5-16(10-14)20-21(18,19)11-13-6-8-15(17)9-7-13/h3-10,12H,11H2,1-2H3. The Morgan fingerprint density at radius 1 is 1.10 bits per heavy atom. The number of hydrogen-bond acceptors (Lipinski definition) is 3. The van der Waals surface area contributed by atoms with Gasteiger partial charge in [0.1, 0.15) is 17.3 Å². The Kier molecular flexibility index (Phi) is 4.63. The van der Waals surface area contributed by atoms with Crippen LogP contribution in [0.2, 0.25) is 0 Å². The van der Waals surface area contributed by atoms with E-state index in [0.717, 1.165) is 5.56 Å². The molecule has 0 unspecified atom stereocenters. The third-order valence-corrected chi connectivity index (χ3v) is 4.14. The topological polar surface area (TPSA) is 43.4 Å². The molecule has 0 amide bonds. The van der Waals surface area contributed by atoms with Crippen molar-refractivity contribution in [1.29, 1.82) is 0 Å². The number of benzene rings is 2. The van der Waals surface area contributed by atoms with Gasteiger partial charge in [-0.1, -0.05) is 38.1 Å². The van der Waals surface area contributed by atoms with Crippen LogP contribution in [0, 0.1) is 5.82 Å². The van der Waals surface area contributed by atoms with E-state index in [9.17, 15) is 12.8 Å². The average Bonchev–Trinajstić information content (AvgIpc) is 2.41. The van der Waals surface area contributed by atoms with Crippen molar-refractivity contribution in [3.63, 3.8) is 0 Å². The molecule has 0 spiro atoms. The van der Waals surface area contributed by atoms with E-state index < -0.39 is 15.9 Å². The zero-order valence-corrected chi connectivity index (χ0v) is 12.7. The second-order valence-corrected chi connectivity index (χ2v) is 6.71. The SMILES string of the molecule is CC(C)c1cccc(OS(=O)(=O)Cc2ccc(F)cc2)c1. The van der Waals surface area contributed by atoms with E-state index in [0.29, 0.717) is 11.3 Å². The molecule has 21 heavy (non-hydrogen) atoms. The number of halogens is 1. The van der Waals surface area contributed by atoms with Crippen LogP contribution in [0.25, 0.3) is 0 Å². The second-order valence-electron chi connectivity index (χ2n) is 5.14. The first-order valence-corrected chi connectivity index (χ1v) is 8.20. The largest absolute Gasteiger partial charge is 0.382 e. The molecule has 0 radical (unpaired) electrons. The molecule has 0 saturated heterocycles. The summed E-state index contributed by atoms with van der Waals surface area (Å²) in [5, 5.41) is 0. The summed E-state index contributed by atoms with van der Waals surface area (Å²) in [5.74, 6) is -0.113. The molecule has 2 aromatic carbocycles. The van der Waals surface area contributed by atoms with E-state index >= 15 is 0 Å². The molecule has 2 aromatic rings. The molecule has 0 fully saturated rings. The molecule has 0 atom stereocenters. The fraction of sp³-hybridized carbons (Fsp3) is 0.250. The number of hydrogen-bond donors (Lipinski definition) is 0. The lowest BCUT2D eigenvalue weighted by molar-refractivity contribution is 0.484. The summed E-state index contributed by atoms with van der Waals surface area (Å²) in [7, 11) is -3.77. The van der Waals surface area contributed by atoms with Crippen LogP contribution in [-0.2, 0) is 15.9 Å². The van der Waals surface area contributed by atoms with Crippen LogP contribution in [-0.4, -0.2) is 8.42 Å². The van der Waals surface area contributed by atoms with E-state index in [1.165, 1.54) is 24.3 Å². The fourth-order valence-electron chi connectivity index (χ4n) is 1.89. The van der Waals surface area contributed by atoms with Crippen LogP contribution in [0.5, 0.6) is 5.75 Å². The Morgan fingerprint density at radius 2 is 1.76 bits per heavy atom. The second kappa shape index (κ2) is 6.26. The van der Waals surface area contributed by atoms with E-state index in [1.807, 2.05) is 19.9 Å². The molecule has 0 heterocycles. The highest BCUT2D eigenvalue weighted by molar-refractivity contribution is 7.86. The molecule has 5 heteroatoms. The zero-order chi connectivity index (χ0) is 15.5. The minimum Gasteiger partial charge on any atom is -0.382 e. The van der Waals surface area contributed by atoms with Crippen LogP contribution in [0.4, 0.5) is 4.39 Å². The predicted molar refractivity (Wildman–Crippen MR) is 80.2 cm³/mol. The quantitative estimate of drug-likeness (QED) is 0.788. The van der Waals surface area contributed by atoms with Gasteiger partial charge in [-0.05, 0) is 41.3 Å². The van der Waals surface area contributed by atoms with Gasteiger partial charge in [0.25, 0.3) is 0 Å². The first-order chi connectivity index (χ1) is 9.85. The van der Waals surface area contributed by atoms with Crippen LogP contribution >= 0.6 is 0 Å². The third-order valence-electron chi connectivity index (χ3n) is 3.00.